The summed E-state index contributed by atoms with van der Waals surface area (Å²) in [4.78, 5) is 12.9. The summed E-state index contributed by atoms with van der Waals surface area (Å²) in [6.45, 7) is 2.25. The third-order valence-electron chi connectivity index (χ3n) is 5.93. The van der Waals surface area contributed by atoms with Crippen molar-refractivity contribution < 1.29 is 43.1 Å². The van der Waals surface area contributed by atoms with Crippen LogP contribution in [0.15, 0.2) is 121 Å². The number of carbonyl (C=O) groups is 1. The highest BCUT2D eigenvalue weighted by molar-refractivity contribution is 5.91. The Kier molecular flexibility index (Phi) is 9.44. The van der Waals surface area contributed by atoms with Crippen molar-refractivity contribution in [2.45, 2.75) is 13.5 Å². The van der Waals surface area contributed by atoms with Crippen molar-refractivity contribution >= 4 is 5.97 Å². The number of halogens is 1. The highest BCUT2D eigenvalue weighted by Gasteiger charge is 2.35. The molecule has 5 rings (SSSR count). The van der Waals surface area contributed by atoms with Crippen LogP contribution < -0.4 is 23.3 Å². The lowest BCUT2D eigenvalue weighted by Crippen LogP contribution is -2.68. The van der Waals surface area contributed by atoms with Gasteiger partial charge in [-0.3, -0.25) is 0 Å². The van der Waals surface area contributed by atoms with E-state index < -0.39 is 10.2 Å². The molecule has 0 saturated carbocycles. The summed E-state index contributed by atoms with van der Waals surface area (Å²) in [6.07, 6.45) is 0. The highest BCUT2D eigenvalue weighted by atomic mass is 35.7. The lowest BCUT2D eigenvalue weighted by molar-refractivity contribution is -2.00. The van der Waals surface area contributed by atoms with Crippen LogP contribution in [0.25, 0.3) is 39.3 Å². The first-order valence-corrected chi connectivity index (χ1v) is 13.7. The Bertz CT molecular complexity index is 1410. The van der Waals surface area contributed by atoms with E-state index in [0.717, 1.165) is 39.3 Å². The quantitative estimate of drug-likeness (QED) is 0.220. The summed E-state index contributed by atoms with van der Waals surface area (Å²) in [6, 6.07) is 41.1. The van der Waals surface area contributed by atoms with Gasteiger partial charge in [-0.05, 0) is 36.8 Å². The first-order chi connectivity index (χ1) is 19.3. The second kappa shape index (κ2) is 13.2. The number of aromatic nitrogens is 2. The molecule has 0 radical (unpaired) electrons. The lowest BCUT2D eigenvalue weighted by Gasteiger charge is -2.17. The zero-order valence-electron chi connectivity index (χ0n) is 21.7. The Morgan fingerprint density at radius 3 is 1.60 bits per heavy atom. The summed E-state index contributed by atoms with van der Waals surface area (Å²) >= 11 is 0. The van der Waals surface area contributed by atoms with Crippen LogP contribution in [0, 0.1) is 10.2 Å². The number of para-hydroxylation sites is 1. The number of carbonyl (C=O) groups excluding carboxylic acids is 1. The second-order valence-corrected chi connectivity index (χ2v) is 9.31. The van der Waals surface area contributed by atoms with E-state index >= 15 is 0 Å². The van der Waals surface area contributed by atoms with E-state index in [1.165, 1.54) is 0 Å². The first kappa shape index (κ1) is 28.7. The fourth-order valence-electron chi connectivity index (χ4n) is 4.51. The van der Waals surface area contributed by atoms with Crippen molar-refractivity contribution in [2.24, 2.45) is 0 Å². The molecule has 0 bridgehead atoms. The van der Waals surface area contributed by atoms with Gasteiger partial charge in [0.25, 0.3) is 6.54 Å². The maximum Gasteiger partial charge on any atom is 0.375 e. The molecule has 5 aromatic rings. The number of nitrogens with zero attached hydrogens (tertiary/aromatic N) is 2. The average molecular weight is 559 g/mol. The van der Waals surface area contributed by atoms with Crippen LogP contribution in [0.5, 0.6) is 0 Å². The van der Waals surface area contributed by atoms with Gasteiger partial charge in [-0.1, -0.05) is 102 Å². The SMILES string of the molecule is CCOC(=O)C[n+]1c(-c2ccccc2)c(-c2ccccc2)c(-c2ccccc2)n1-c1ccccc1.[O-][Cl+3]([O-])([O-])[O-]. The van der Waals surface area contributed by atoms with Gasteiger partial charge in [-0.25, -0.2) is 23.4 Å². The maximum atomic E-state index is 12.9. The summed E-state index contributed by atoms with van der Waals surface area (Å²) < 4.78 is 43.6. The van der Waals surface area contributed by atoms with Crippen LogP contribution in [0.3, 0.4) is 0 Å². The molecular weight excluding hydrogens is 532 g/mol. The number of benzene rings is 4. The zero-order chi connectivity index (χ0) is 28.5. The van der Waals surface area contributed by atoms with Gasteiger partial charge in [0.1, 0.15) is 11.4 Å². The van der Waals surface area contributed by atoms with Crippen molar-refractivity contribution in [1.29, 1.82) is 0 Å². The first-order valence-electron chi connectivity index (χ1n) is 12.5. The van der Waals surface area contributed by atoms with Gasteiger partial charge in [-0.2, -0.15) is 0 Å². The van der Waals surface area contributed by atoms with Gasteiger partial charge >= 0.3 is 5.97 Å². The van der Waals surface area contributed by atoms with E-state index in [-0.39, 0.29) is 12.5 Å². The maximum absolute atomic E-state index is 12.9. The van der Waals surface area contributed by atoms with Crippen molar-refractivity contribution in [1.82, 2.24) is 4.68 Å². The lowest BCUT2D eigenvalue weighted by atomic mass is 9.95. The molecule has 0 aliphatic carbocycles. The van der Waals surface area contributed by atoms with Crippen molar-refractivity contribution in [3.8, 4) is 39.3 Å². The van der Waals surface area contributed by atoms with E-state index in [1.807, 2.05) is 72.3 Å². The Morgan fingerprint density at radius 1 is 0.700 bits per heavy atom. The van der Waals surface area contributed by atoms with Crippen LogP contribution in [0.4, 0.5) is 0 Å². The predicted octanol–water partition coefficient (Wildman–Crippen LogP) is 1.57. The van der Waals surface area contributed by atoms with E-state index in [4.69, 9.17) is 23.4 Å². The molecule has 1 aromatic heterocycles. The van der Waals surface area contributed by atoms with Crippen LogP contribution in [0.2, 0.25) is 0 Å². The second-order valence-electron chi connectivity index (χ2n) is 8.56. The number of esters is 1. The monoisotopic (exact) mass is 558 g/mol. The van der Waals surface area contributed by atoms with E-state index in [0.29, 0.717) is 6.61 Å². The summed E-state index contributed by atoms with van der Waals surface area (Å²) in [5, 5.41) is 0. The van der Waals surface area contributed by atoms with E-state index in [1.54, 1.807) is 0 Å². The Labute approximate surface area is 234 Å². The van der Waals surface area contributed by atoms with Gasteiger partial charge in [0.2, 0.25) is 5.69 Å². The van der Waals surface area contributed by atoms with Crippen LogP contribution in [0.1, 0.15) is 6.92 Å². The van der Waals surface area contributed by atoms with Gasteiger partial charge < -0.3 is 4.74 Å². The van der Waals surface area contributed by atoms with Crippen molar-refractivity contribution in [3.63, 3.8) is 0 Å². The largest absolute Gasteiger partial charge is 0.461 e. The van der Waals surface area contributed by atoms with Crippen LogP contribution in [-0.2, 0) is 16.1 Å². The molecule has 0 N–H and O–H groups in total. The van der Waals surface area contributed by atoms with E-state index in [2.05, 4.69) is 65.3 Å². The normalized spacial score (nSPS) is 10.9. The Morgan fingerprint density at radius 2 is 1.12 bits per heavy atom. The molecule has 0 aliphatic heterocycles. The Balaban J connectivity index is 0.000000681. The van der Waals surface area contributed by atoms with Gasteiger partial charge in [0.15, 0.2) is 0 Å². The predicted molar refractivity (Wildman–Crippen MR) is 139 cm³/mol. The number of hydrogen-bond donors (Lipinski definition) is 0. The smallest absolute Gasteiger partial charge is 0.375 e. The molecular formula is C31H27ClN2O6. The molecule has 0 fully saturated rings. The standard InChI is InChI=1S/C31H27N2O2.ClHO4/c1-2-35-28(34)23-32-30(25-17-9-4-10-18-25)29(24-15-7-3-8-16-24)31(26-19-11-5-12-20-26)33(32)27-21-13-6-14-22-27;2-1(3,4)5/h3-22H,2,23H2,1H3;(H,2,3,4,5)/q+1;/p-1. The molecule has 9 heteroatoms. The molecule has 0 spiro atoms. The highest BCUT2D eigenvalue weighted by Crippen LogP contribution is 2.40. The van der Waals surface area contributed by atoms with Crippen molar-refractivity contribution in [2.75, 3.05) is 6.61 Å². The van der Waals surface area contributed by atoms with Crippen LogP contribution >= 0.6 is 0 Å². The van der Waals surface area contributed by atoms with Gasteiger partial charge in [0.05, 0.1) is 12.2 Å². The third-order valence-corrected chi connectivity index (χ3v) is 5.93. The van der Waals surface area contributed by atoms with Gasteiger partial charge in [-0.15, -0.1) is 14.9 Å². The number of hydrogen-bond acceptors (Lipinski definition) is 6. The van der Waals surface area contributed by atoms with Crippen molar-refractivity contribution in [3.05, 3.63) is 121 Å². The fourth-order valence-corrected chi connectivity index (χ4v) is 4.51. The molecule has 204 valence electrons. The Hall–Kier alpha value is -4.31. The third kappa shape index (κ3) is 7.20. The summed E-state index contributed by atoms with van der Waals surface area (Å²) in [7, 11) is -4.94. The minimum absolute atomic E-state index is 0.0830. The molecule has 0 saturated heterocycles. The zero-order valence-corrected chi connectivity index (χ0v) is 22.4. The minimum atomic E-state index is -4.94. The fraction of sp³-hybridized carbons (Fsp3) is 0.0968. The number of ether oxygens (including phenoxy) is 1. The summed E-state index contributed by atoms with van der Waals surface area (Å²) in [5.41, 5.74) is 7.19. The average Bonchev–Trinajstić information content (AvgIpc) is 3.28. The molecule has 40 heavy (non-hydrogen) atoms. The minimum Gasteiger partial charge on any atom is -0.461 e. The molecule has 0 aliphatic rings. The van der Waals surface area contributed by atoms with E-state index in [9.17, 15) is 4.79 Å². The topological polar surface area (TPSA) is 127 Å². The van der Waals surface area contributed by atoms with Crippen LogP contribution in [-0.4, -0.2) is 17.3 Å². The molecule has 0 unspecified atom stereocenters. The summed E-state index contributed by atoms with van der Waals surface area (Å²) in [5.74, 6) is -0.274. The van der Waals surface area contributed by atoms with Gasteiger partial charge in [0, 0.05) is 11.1 Å². The molecule has 4 aromatic carbocycles. The molecule has 0 amide bonds. The molecule has 0 atom stereocenters. The molecule has 1 heterocycles. The molecule has 8 nitrogen and oxygen atoms in total. The number of rotatable bonds is 7.